The summed E-state index contributed by atoms with van der Waals surface area (Å²) in [5, 5.41) is 2.75. The highest BCUT2D eigenvalue weighted by Crippen LogP contribution is 2.28. The number of amides is 1. The van der Waals surface area contributed by atoms with E-state index in [0.717, 1.165) is 28.8 Å². The van der Waals surface area contributed by atoms with Gasteiger partial charge in [-0.3, -0.25) is 14.2 Å². The van der Waals surface area contributed by atoms with Crippen LogP contribution in [0.25, 0.3) is 11.0 Å². The first-order valence-corrected chi connectivity index (χ1v) is 11.1. The van der Waals surface area contributed by atoms with Gasteiger partial charge in [-0.25, -0.2) is 4.98 Å². The van der Waals surface area contributed by atoms with Crippen LogP contribution in [0, 0.1) is 13.8 Å². The summed E-state index contributed by atoms with van der Waals surface area (Å²) in [5.41, 5.74) is 0.0893. The molecule has 3 rings (SSSR count). The van der Waals surface area contributed by atoms with Crippen molar-refractivity contribution in [3.05, 3.63) is 75.2 Å². The van der Waals surface area contributed by atoms with E-state index in [1.54, 1.807) is 19.9 Å². The molecule has 1 N–H and O–H groups in total. The van der Waals surface area contributed by atoms with Crippen molar-refractivity contribution in [1.29, 1.82) is 0 Å². The summed E-state index contributed by atoms with van der Waals surface area (Å²) in [6.45, 7) is 6.79. The van der Waals surface area contributed by atoms with Crippen molar-refractivity contribution < 1.29 is 18.0 Å². The molecule has 3 aromatic rings. The third-order valence-corrected chi connectivity index (χ3v) is 5.85. The molecule has 1 aromatic heterocycles. The Morgan fingerprint density at radius 2 is 1.79 bits per heavy atom. The van der Waals surface area contributed by atoms with Crippen LogP contribution in [0.3, 0.4) is 0 Å². The number of halogens is 3. The van der Waals surface area contributed by atoms with Gasteiger partial charge in [-0.2, -0.15) is 13.2 Å². The van der Waals surface area contributed by atoms with Gasteiger partial charge in [-0.1, -0.05) is 30.3 Å². The summed E-state index contributed by atoms with van der Waals surface area (Å²) in [4.78, 5) is 31.3. The molecule has 0 fully saturated rings. The Morgan fingerprint density at radius 3 is 2.44 bits per heavy atom. The van der Waals surface area contributed by atoms with Gasteiger partial charge >= 0.3 is 6.18 Å². The van der Waals surface area contributed by atoms with Crippen LogP contribution in [0.15, 0.2) is 47.3 Å². The van der Waals surface area contributed by atoms with Crippen molar-refractivity contribution in [3.8, 4) is 0 Å². The Bertz CT molecular complexity index is 1220. The minimum absolute atomic E-state index is 0.0252. The zero-order valence-corrected chi connectivity index (χ0v) is 19.7. The second-order valence-electron chi connectivity index (χ2n) is 8.60. The molecule has 0 bridgehead atoms. The van der Waals surface area contributed by atoms with E-state index in [1.807, 2.05) is 37.4 Å². The van der Waals surface area contributed by atoms with Crippen molar-refractivity contribution in [1.82, 2.24) is 19.8 Å². The van der Waals surface area contributed by atoms with E-state index < -0.39 is 29.4 Å². The van der Waals surface area contributed by atoms with Gasteiger partial charge in [0.2, 0.25) is 11.6 Å². The summed E-state index contributed by atoms with van der Waals surface area (Å²) in [7, 11) is 1.98. The Labute approximate surface area is 196 Å². The van der Waals surface area contributed by atoms with Gasteiger partial charge in [-0.05, 0) is 69.6 Å². The van der Waals surface area contributed by atoms with Crippen LogP contribution in [0.5, 0.6) is 0 Å². The quantitative estimate of drug-likeness (QED) is 0.496. The molecule has 0 aliphatic carbocycles. The molecule has 0 saturated carbocycles. The van der Waals surface area contributed by atoms with Crippen LogP contribution >= 0.6 is 0 Å². The second-order valence-corrected chi connectivity index (χ2v) is 8.60. The Balaban J connectivity index is 1.74. The summed E-state index contributed by atoms with van der Waals surface area (Å²) in [6, 6.07) is 11.9. The molecule has 6 nitrogen and oxygen atoms in total. The van der Waals surface area contributed by atoms with E-state index in [1.165, 1.54) is 18.6 Å². The van der Waals surface area contributed by atoms with Crippen LogP contribution < -0.4 is 10.9 Å². The lowest BCUT2D eigenvalue weighted by molar-refractivity contribution is -0.142. The lowest BCUT2D eigenvalue weighted by atomic mass is 10.1. The third kappa shape index (κ3) is 5.83. The molecule has 2 aromatic carbocycles. The fourth-order valence-electron chi connectivity index (χ4n) is 3.83. The van der Waals surface area contributed by atoms with Crippen molar-refractivity contribution in [2.45, 2.75) is 46.0 Å². The van der Waals surface area contributed by atoms with E-state index in [0.29, 0.717) is 13.0 Å². The van der Waals surface area contributed by atoms with Gasteiger partial charge in [0.05, 0.1) is 11.0 Å². The van der Waals surface area contributed by atoms with Gasteiger partial charge in [0.25, 0.3) is 5.56 Å². The summed E-state index contributed by atoms with van der Waals surface area (Å²) < 4.78 is 41.4. The molecule has 0 saturated heterocycles. The number of rotatable bonds is 8. The topological polar surface area (TPSA) is 67.2 Å². The normalized spacial score (nSPS) is 12.8. The largest absolute Gasteiger partial charge is 0.438 e. The summed E-state index contributed by atoms with van der Waals surface area (Å²) in [5.74, 6) is -0.522. The highest BCUT2D eigenvalue weighted by atomic mass is 19.4. The van der Waals surface area contributed by atoms with E-state index in [9.17, 15) is 22.8 Å². The smallest absolute Gasteiger partial charge is 0.354 e. The molecule has 9 heteroatoms. The number of nitrogens with zero attached hydrogens (tertiary/aromatic N) is 3. The van der Waals surface area contributed by atoms with Crippen LogP contribution in [0.4, 0.5) is 13.2 Å². The second kappa shape index (κ2) is 10.4. The van der Waals surface area contributed by atoms with Crippen LogP contribution in [-0.4, -0.2) is 40.5 Å². The van der Waals surface area contributed by atoms with Crippen molar-refractivity contribution in [2.24, 2.45) is 0 Å². The zero-order chi connectivity index (χ0) is 25.0. The number of hydrogen-bond donors (Lipinski definition) is 1. The number of carbonyl (C=O) groups is 1. The number of aryl methyl sites for hydroxylation is 2. The number of nitrogens with one attached hydrogen (secondary N) is 1. The number of fused-ring (bicyclic) bond motifs is 1. The molecule has 0 spiro atoms. The predicted molar refractivity (Wildman–Crippen MR) is 126 cm³/mol. The van der Waals surface area contributed by atoms with Crippen LogP contribution in [0.1, 0.15) is 41.8 Å². The number of aromatic nitrogens is 2. The predicted octanol–water partition coefficient (Wildman–Crippen LogP) is 4.23. The van der Waals surface area contributed by atoms with Gasteiger partial charge in [0, 0.05) is 13.1 Å². The molecule has 1 atom stereocenters. The van der Waals surface area contributed by atoms with E-state index in [4.69, 9.17) is 0 Å². The molecular formula is C25H29F3N4O2. The minimum Gasteiger partial charge on any atom is -0.354 e. The van der Waals surface area contributed by atoms with E-state index in [-0.39, 0.29) is 11.0 Å². The fourth-order valence-corrected chi connectivity index (χ4v) is 3.83. The molecule has 1 heterocycles. The molecular weight excluding hydrogens is 445 g/mol. The number of alkyl halides is 3. The molecule has 1 unspecified atom stereocenters. The fraction of sp³-hybridized carbons (Fsp3) is 0.400. The standard InChI is InChI=1S/C25H29F3N4O2/c1-16-13-20-21(14-17(16)2)32(24(34)22(30-20)25(26,27)28)18(3)23(33)29-11-8-12-31(4)15-19-9-6-5-7-10-19/h5-7,9-10,13-14,18H,8,11-12,15H2,1-4H3,(H,29,33). The zero-order valence-electron chi connectivity index (χ0n) is 19.7. The van der Waals surface area contributed by atoms with Crippen LogP contribution in [-0.2, 0) is 17.5 Å². The Morgan fingerprint density at radius 1 is 1.15 bits per heavy atom. The summed E-state index contributed by atoms with van der Waals surface area (Å²) in [6.07, 6.45) is -4.27. The maximum atomic E-state index is 13.5. The molecule has 34 heavy (non-hydrogen) atoms. The first kappa shape index (κ1) is 25.4. The van der Waals surface area contributed by atoms with E-state index in [2.05, 4.69) is 15.2 Å². The molecule has 0 radical (unpaired) electrons. The molecule has 0 aliphatic rings. The maximum Gasteiger partial charge on any atom is 0.438 e. The van der Waals surface area contributed by atoms with Gasteiger partial charge < -0.3 is 10.2 Å². The van der Waals surface area contributed by atoms with Crippen molar-refractivity contribution in [2.75, 3.05) is 20.1 Å². The van der Waals surface area contributed by atoms with Gasteiger partial charge in [-0.15, -0.1) is 0 Å². The van der Waals surface area contributed by atoms with Gasteiger partial charge in [0.15, 0.2) is 0 Å². The van der Waals surface area contributed by atoms with Crippen LogP contribution in [0.2, 0.25) is 0 Å². The van der Waals surface area contributed by atoms with Crippen molar-refractivity contribution in [3.63, 3.8) is 0 Å². The minimum atomic E-state index is -4.93. The monoisotopic (exact) mass is 474 g/mol. The highest BCUT2D eigenvalue weighted by Gasteiger charge is 2.38. The van der Waals surface area contributed by atoms with Gasteiger partial charge in [0.1, 0.15) is 6.04 Å². The Hall–Kier alpha value is -3.20. The highest BCUT2D eigenvalue weighted by molar-refractivity contribution is 5.84. The number of hydrogen-bond acceptors (Lipinski definition) is 4. The number of benzene rings is 2. The average molecular weight is 475 g/mol. The third-order valence-electron chi connectivity index (χ3n) is 5.85. The average Bonchev–Trinajstić information content (AvgIpc) is 2.77. The maximum absolute atomic E-state index is 13.5. The first-order chi connectivity index (χ1) is 16.0. The lowest BCUT2D eigenvalue weighted by Crippen LogP contribution is -2.39. The SMILES string of the molecule is Cc1cc2nc(C(F)(F)F)c(=O)n(C(C)C(=O)NCCCN(C)Cc3ccccc3)c2cc1C. The van der Waals surface area contributed by atoms with E-state index >= 15 is 0 Å². The number of carbonyl (C=O) groups excluding carboxylic acids is 1. The molecule has 182 valence electrons. The first-order valence-electron chi connectivity index (χ1n) is 11.1. The molecule has 1 amide bonds. The summed E-state index contributed by atoms with van der Waals surface area (Å²) >= 11 is 0. The van der Waals surface area contributed by atoms with Crippen molar-refractivity contribution >= 4 is 16.9 Å². The molecule has 0 aliphatic heterocycles. The Kier molecular flexibility index (Phi) is 7.76. The lowest BCUT2D eigenvalue weighted by Gasteiger charge is -2.21.